The molecule has 0 bridgehead atoms. The Morgan fingerprint density at radius 3 is 2.76 bits per heavy atom. The van der Waals surface area contributed by atoms with Gasteiger partial charge in [-0.15, -0.1) is 0 Å². The van der Waals surface area contributed by atoms with E-state index >= 15 is 0 Å². The number of amides is 1. The van der Waals surface area contributed by atoms with E-state index in [-0.39, 0.29) is 11.7 Å². The SMILES string of the molecule is CNCCC1CCN(C(=O)c2cc(OC)ccc2O)CC1. The molecule has 0 aliphatic carbocycles. The third-order valence-corrected chi connectivity index (χ3v) is 4.14. The van der Waals surface area contributed by atoms with Crippen LogP contribution < -0.4 is 10.1 Å². The topological polar surface area (TPSA) is 61.8 Å². The van der Waals surface area contributed by atoms with Crippen LogP contribution in [0, 0.1) is 5.92 Å². The van der Waals surface area contributed by atoms with E-state index in [1.165, 1.54) is 6.07 Å². The molecule has 116 valence electrons. The number of benzene rings is 1. The Bertz CT molecular complexity index is 482. The first-order valence-corrected chi connectivity index (χ1v) is 7.46. The number of hydrogen-bond donors (Lipinski definition) is 2. The van der Waals surface area contributed by atoms with Gasteiger partial charge < -0.3 is 20.1 Å². The normalized spacial score (nSPS) is 16.0. The Morgan fingerprint density at radius 1 is 1.43 bits per heavy atom. The Hall–Kier alpha value is -1.75. The van der Waals surface area contributed by atoms with E-state index in [4.69, 9.17) is 4.74 Å². The fourth-order valence-corrected chi connectivity index (χ4v) is 2.76. The van der Waals surface area contributed by atoms with Gasteiger partial charge in [0.25, 0.3) is 5.91 Å². The largest absolute Gasteiger partial charge is 0.507 e. The Kier molecular flexibility index (Phi) is 5.44. The van der Waals surface area contributed by atoms with Crippen molar-refractivity contribution in [2.45, 2.75) is 19.3 Å². The summed E-state index contributed by atoms with van der Waals surface area (Å²) in [5.74, 6) is 1.16. The van der Waals surface area contributed by atoms with Crippen molar-refractivity contribution in [1.82, 2.24) is 10.2 Å². The van der Waals surface area contributed by atoms with Gasteiger partial charge in [-0.25, -0.2) is 0 Å². The summed E-state index contributed by atoms with van der Waals surface area (Å²) in [4.78, 5) is 14.3. The van der Waals surface area contributed by atoms with E-state index < -0.39 is 0 Å². The summed E-state index contributed by atoms with van der Waals surface area (Å²) in [5.41, 5.74) is 0.322. The van der Waals surface area contributed by atoms with E-state index in [2.05, 4.69) is 5.32 Å². The lowest BCUT2D eigenvalue weighted by Gasteiger charge is -2.32. The molecule has 0 unspecified atom stereocenters. The van der Waals surface area contributed by atoms with E-state index in [1.807, 2.05) is 11.9 Å². The first-order valence-electron chi connectivity index (χ1n) is 7.46. The molecule has 2 N–H and O–H groups in total. The monoisotopic (exact) mass is 292 g/mol. The van der Waals surface area contributed by atoms with E-state index in [0.29, 0.717) is 17.2 Å². The van der Waals surface area contributed by atoms with Crippen molar-refractivity contribution < 1.29 is 14.6 Å². The highest BCUT2D eigenvalue weighted by Gasteiger charge is 2.25. The van der Waals surface area contributed by atoms with Crippen LogP contribution in [0.25, 0.3) is 0 Å². The van der Waals surface area contributed by atoms with Crippen molar-refractivity contribution >= 4 is 5.91 Å². The summed E-state index contributed by atoms with van der Waals surface area (Å²) in [6.45, 7) is 2.53. The molecule has 1 aliphatic heterocycles. The molecule has 0 radical (unpaired) electrons. The first-order chi connectivity index (χ1) is 10.2. The van der Waals surface area contributed by atoms with E-state index in [9.17, 15) is 9.90 Å². The number of aromatic hydroxyl groups is 1. The molecule has 2 rings (SSSR count). The third kappa shape index (κ3) is 3.88. The highest BCUT2D eigenvalue weighted by Crippen LogP contribution is 2.27. The molecule has 1 aliphatic rings. The number of phenols is 1. The summed E-state index contributed by atoms with van der Waals surface area (Å²) < 4.78 is 5.12. The average molecular weight is 292 g/mol. The number of piperidine rings is 1. The number of rotatable bonds is 5. The molecule has 1 saturated heterocycles. The number of hydrogen-bond acceptors (Lipinski definition) is 4. The highest BCUT2D eigenvalue weighted by atomic mass is 16.5. The van der Waals surface area contributed by atoms with Crippen LogP contribution in [0.2, 0.25) is 0 Å². The van der Waals surface area contributed by atoms with Crippen molar-refractivity contribution in [2.24, 2.45) is 5.92 Å². The van der Waals surface area contributed by atoms with Gasteiger partial charge in [-0.3, -0.25) is 4.79 Å². The molecule has 5 nitrogen and oxygen atoms in total. The molecule has 21 heavy (non-hydrogen) atoms. The molecular formula is C16H24N2O3. The zero-order chi connectivity index (χ0) is 15.2. The Labute approximate surface area is 125 Å². The van der Waals surface area contributed by atoms with Crippen LogP contribution in [0.1, 0.15) is 29.6 Å². The molecular weight excluding hydrogens is 268 g/mol. The number of phenolic OH excluding ortho intramolecular Hbond substituents is 1. The molecule has 1 heterocycles. The fraction of sp³-hybridized carbons (Fsp3) is 0.562. The zero-order valence-corrected chi connectivity index (χ0v) is 12.8. The van der Waals surface area contributed by atoms with Gasteiger partial charge in [-0.1, -0.05) is 0 Å². The van der Waals surface area contributed by atoms with Crippen LogP contribution in [0.5, 0.6) is 11.5 Å². The average Bonchev–Trinajstić information content (AvgIpc) is 2.53. The molecule has 0 aromatic heterocycles. The lowest BCUT2D eigenvalue weighted by molar-refractivity contribution is 0.0683. The van der Waals surface area contributed by atoms with Crippen molar-refractivity contribution in [2.75, 3.05) is 33.8 Å². The third-order valence-electron chi connectivity index (χ3n) is 4.14. The van der Waals surface area contributed by atoms with Crippen LogP contribution in [-0.2, 0) is 0 Å². The molecule has 1 aromatic rings. The van der Waals surface area contributed by atoms with Crippen LogP contribution in [0.3, 0.4) is 0 Å². The summed E-state index contributed by atoms with van der Waals surface area (Å²) >= 11 is 0. The maximum atomic E-state index is 12.5. The minimum atomic E-state index is -0.113. The lowest BCUT2D eigenvalue weighted by Crippen LogP contribution is -2.39. The quantitative estimate of drug-likeness (QED) is 0.869. The molecule has 5 heteroatoms. The van der Waals surface area contributed by atoms with Crippen LogP contribution >= 0.6 is 0 Å². The first kappa shape index (κ1) is 15.6. The van der Waals surface area contributed by atoms with Crippen molar-refractivity contribution in [3.05, 3.63) is 23.8 Å². The van der Waals surface area contributed by atoms with Crippen molar-refractivity contribution in [3.63, 3.8) is 0 Å². The Morgan fingerprint density at radius 2 is 2.14 bits per heavy atom. The second-order valence-corrected chi connectivity index (χ2v) is 5.51. The molecule has 1 amide bonds. The summed E-state index contributed by atoms with van der Waals surface area (Å²) in [6.07, 6.45) is 3.21. The van der Waals surface area contributed by atoms with Crippen molar-refractivity contribution in [1.29, 1.82) is 0 Å². The molecule has 0 atom stereocenters. The number of methoxy groups -OCH3 is 1. The van der Waals surface area contributed by atoms with Gasteiger partial charge in [0.1, 0.15) is 11.5 Å². The minimum Gasteiger partial charge on any atom is -0.507 e. The van der Waals surface area contributed by atoms with Gasteiger partial charge in [0.15, 0.2) is 0 Å². The van der Waals surface area contributed by atoms with Crippen molar-refractivity contribution in [3.8, 4) is 11.5 Å². The number of nitrogens with zero attached hydrogens (tertiary/aromatic N) is 1. The number of carbonyl (C=O) groups excluding carboxylic acids is 1. The second-order valence-electron chi connectivity index (χ2n) is 5.51. The highest BCUT2D eigenvalue weighted by molar-refractivity contribution is 5.97. The smallest absolute Gasteiger partial charge is 0.257 e. The predicted octanol–water partition coefficient (Wildman–Crippen LogP) is 1.86. The van der Waals surface area contributed by atoms with Gasteiger partial charge in [-0.05, 0) is 57.0 Å². The maximum Gasteiger partial charge on any atom is 0.257 e. The molecule has 1 aromatic carbocycles. The van der Waals surface area contributed by atoms with Crippen LogP contribution in [0.15, 0.2) is 18.2 Å². The minimum absolute atomic E-state index is 0.0121. The Balaban J connectivity index is 1.98. The number of carbonyl (C=O) groups is 1. The number of ether oxygens (including phenoxy) is 1. The second kappa shape index (κ2) is 7.31. The van der Waals surface area contributed by atoms with Gasteiger partial charge >= 0.3 is 0 Å². The standard InChI is InChI=1S/C16H24N2O3/c1-17-8-5-12-6-9-18(10-7-12)16(20)14-11-13(21-2)3-4-15(14)19/h3-4,11-12,17,19H,5-10H2,1-2H3. The van der Waals surface area contributed by atoms with E-state index in [0.717, 1.165) is 38.9 Å². The summed E-state index contributed by atoms with van der Waals surface area (Å²) in [5, 5.41) is 13.1. The van der Waals surface area contributed by atoms with Gasteiger partial charge in [-0.2, -0.15) is 0 Å². The van der Waals surface area contributed by atoms with Gasteiger partial charge in [0.05, 0.1) is 12.7 Å². The van der Waals surface area contributed by atoms with Crippen LogP contribution in [0.4, 0.5) is 0 Å². The van der Waals surface area contributed by atoms with Gasteiger partial charge in [0, 0.05) is 13.1 Å². The molecule has 0 spiro atoms. The lowest BCUT2D eigenvalue weighted by atomic mass is 9.93. The molecule has 0 saturated carbocycles. The maximum absolute atomic E-state index is 12.5. The van der Waals surface area contributed by atoms with Gasteiger partial charge in [0.2, 0.25) is 0 Å². The molecule has 1 fully saturated rings. The summed E-state index contributed by atoms with van der Waals surface area (Å²) in [7, 11) is 3.51. The number of nitrogens with one attached hydrogen (secondary N) is 1. The predicted molar refractivity (Wildman–Crippen MR) is 81.8 cm³/mol. The number of likely N-dealkylation sites (tertiary alicyclic amines) is 1. The fourth-order valence-electron chi connectivity index (χ4n) is 2.76. The summed E-state index contributed by atoms with van der Waals surface area (Å²) in [6, 6.07) is 4.76. The van der Waals surface area contributed by atoms with Crippen LogP contribution in [-0.4, -0.2) is 49.7 Å². The van der Waals surface area contributed by atoms with E-state index in [1.54, 1.807) is 19.2 Å². The zero-order valence-electron chi connectivity index (χ0n) is 12.8.